The predicted octanol–water partition coefficient (Wildman–Crippen LogP) is 3.20. The molecule has 1 aromatic carbocycles. The van der Waals surface area contributed by atoms with Gasteiger partial charge in [0, 0.05) is 12.1 Å². The maximum Gasteiger partial charge on any atom is 0.152 e. The molecule has 1 N–H and O–H groups in total. The maximum absolute atomic E-state index is 5.17. The standard InChI is InChI=1S/C15H19N3O/c1-5-16-15-14(17-10(2)11(3)18-15)12-6-8-13(19-4)9-7-12/h6-9H,5H2,1-4H3,(H,16,18). The molecule has 0 saturated carbocycles. The summed E-state index contributed by atoms with van der Waals surface area (Å²) in [6.07, 6.45) is 0. The number of aryl methyl sites for hydroxylation is 2. The van der Waals surface area contributed by atoms with Gasteiger partial charge in [-0.25, -0.2) is 9.97 Å². The van der Waals surface area contributed by atoms with E-state index >= 15 is 0 Å². The van der Waals surface area contributed by atoms with E-state index in [2.05, 4.69) is 22.2 Å². The van der Waals surface area contributed by atoms with E-state index in [0.29, 0.717) is 0 Å². The van der Waals surface area contributed by atoms with Crippen LogP contribution in [0.3, 0.4) is 0 Å². The third-order valence-corrected chi connectivity index (χ3v) is 3.01. The molecule has 0 aliphatic rings. The fraction of sp³-hybridized carbons (Fsp3) is 0.333. The van der Waals surface area contributed by atoms with Crippen LogP contribution in [0, 0.1) is 13.8 Å². The van der Waals surface area contributed by atoms with Gasteiger partial charge in [-0.05, 0) is 45.0 Å². The highest BCUT2D eigenvalue weighted by Crippen LogP contribution is 2.27. The molecule has 2 rings (SSSR count). The molecule has 1 aromatic heterocycles. The topological polar surface area (TPSA) is 47.0 Å². The van der Waals surface area contributed by atoms with Crippen LogP contribution in [-0.4, -0.2) is 23.6 Å². The van der Waals surface area contributed by atoms with Crippen LogP contribution in [0.5, 0.6) is 5.75 Å². The molecule has 0 spiro atoms. The fourth-order valence-corrected chi connectivity index (χ4v) is 1.84. The second-order valence-electron chi connectivity index (χ2n) is 4.35. The molecule has 0 saturated heterocycles. The largest absolute Gasteiger partial charge is 0.497 e. The lowest BCUT2D eigenvalue weighted by Gasteiger charge is -2.12. The molecule has 0 aliphatic carbocycles. The minimum Gasteiger partial charge on any atom is -0.497 e. The number of rotatable bonds is 4. The number of nitrogens with zero attached hydrogens (tertiary/aromatic N) is 2. The zero-order chi connectivity index (χ0) is 13.8. The monoisotopic (exact) mass is 257 g/mol. The summed E-state index contributed by atoms with van der Waals surface area (Å²) in [7, 11) is 1.66. The fourth-order valence-electron chi connectivity index (χ4n) is 1.84. The average Bonchev–Trinajstić information content (AvgIpc) is 2.43. The summed E-state index contributed by atoms with van der Waals surface area (Å²) in [5, 5.41) is 3.27. The van der Waals surface area contributed by atoms with Crippen molar-refractivity contribution in [3.05, 3.63) is 35.7 Å². The third kappa shape index (κ3) is 2.84. The van der Waals surface area contributed by atoms with E-state index in [-0.39, 0.29) is 0 Å². The molecular formula is C15H19N3O. The summed E-state index contributed by atoms with van der Waals surface area (Å²) in [6.45, 7) is 6.82. The summed E-state index contributed by atoms with van der Waals surface area (Å²) < 4.78 is 5.17. The van der Waals surface area contributed by atoms with Crippen molar-refractivity contribution in [2.24, 2.45) is 0 Å². The Hall–Kier alpha value is -2.10. The van der Waals surface area contributed by atoms with Gasteiger partial charge < -0.3 is 10.1 Å². The molecular weight excluding hydrogens is 238 g/mol. The first-order valence-electron chi connectivity index (χ1n) is 6.39. The van der Waals surface area contributed by atoms with Crippen molar-refractivity contribution in [2.45, 2.75) is 20.8 Å². The minimum absolute atomic E-state index is 0.820. The van der Waals surface area contributed by atoms with Crippen LogP contribution < -0.4 is 10.1 Å². The SMILES string of the molecule is CCNc1nc(C)c(C)nc1-c1ccc(OC)cc1. The number of hydrogen-bond acceptors (Lipinski definition) is 4. The summed E-state index contributed by atoms with van der Waals surface area (Å²) in [5.74, 6) is 1.67. The van der Waals surface area contributed by atoms with Crippen molar-refractivity contribution in [2.75, 3.05) is 19.0 Å². The molecule has 19 heavy (non-hydrogen) atoms. The highest BCUT2D eigenvalue weighted by molar-refractivity contribution is 5.72. The quantitative estimate of drug-likeness (QED) is 0.913. The molecule has 0 radical (unpaired) electrons. The Morgan fingerprint density at radius 1 is 1.05 bits per heavy atom. The average molecular weight is 257 g/mol. The summed E-state index contributed by atoms with van der Waals surface area (Å²) in [4.78, 5) is 9.23. The van der Waals surface area contributed by atoms with E-state index in [4.69, 9.17) is 4.74 Å². The van der Waals surface area contributed by atoms with Gasteiger partial charge in [-0.1, -0.05) is 0 Å². The first-order chi connectivity index (χ1) is 9.15. The maximum atomic E-state index is 5.17. The van der Waals surface area contributed by atoms with Crippen LogP contribution in [-0.2, 0) is 0 Å². The first kappa shape index (κ1) is 13.3. The van der Waals surface area contributed by atoms with E-state index < -0.39 is 0 Å². The molecule has 0 amide bonds. The lowest BCUT2D eigenvalue weighted by Crippen LogP contribution is -2.06. The molecule has 0 fully saturated rings. The summed E-state index contributed by atoms with van der Waals surface area (Å²) >= 11 is 0. The predicted molar refractivity (Wildman–Crippen MR) is 77.7 cm³/mol. The van der Waals surface area contributed by atoms with Crippen LogP contribution in [0.15, 0.2) is 24.3 Å². The van der Waals surface area contributed by atoms with Gasteiger partial charge in [0.2, 0.25) is 0 Å². The normalized spacial score (nSPS) is 10.3. The number of anilines is 1. The van der Waals surface area contributed by atoms with Crippen molar-refractivity contribution in [3.8, 4) is 17.0 Å². The van der Waals surface area contributed by atoms with Crippen LogP contribution in [0.1, 0.15) is 18.3 Å². The zero-order valence-corrected chi connectivity index (χ0v) is 11.8. The molecule has 1 heterocycles. The Labute approximate surface area is 113 Å². The lowest BCUT2D eigenvalue weighted by atomic mass is 10.1. The zero-order valence-electron chi connectivity index (χ0n) is 11.8. The Balaban J connectivity index is 2.49. The second kappa shape index (κ2) is 5.69. The second-order valence-corrected chi connectivity index (χ2v) is 4.35. The Kier molecular flexibility index (Phi) is 4.00. The van der Waals surface area contributed by atoms with E-state index in [1.165, 1.54) is 0 Å². The highest BCUT2D eigenvalue weighted by Gasteiger charge is 2.10. The molecule has 4 heteroatoms. The van der Waals surface area contributed by atoms with Crippen LogP contribution in [0.4, 0.5) is 5.82 Å². The molecule has 0 unspecified atom stereocenters. The van der Waals surface area contributed by atoms with Crippen molar-refractivity contribution < 1.29 is 4.74 Å². The summed E-state index contributed by atoms with van der Waals surface area (Å²) in [6, 6.07) is 7.86. The van der Waals surface area contributed by atoms with Gasteiger partial charge in [0.05, 0.1) is 18.5 Å². The molecule has 0 atom stereocenters. The van der Waals surface area contributed by atoms with Crippen molar-refractivity contribution in [1.82, 2.24) is 9.97 Å². The van der Waals surface area contributed by atoms with Crippen LogP contribution >= 0.6 is 0 Å². The van der Waals surface area contributed by atoms with E-state index in [1.54, 1.807) is 7.11 Å². The third-order valence-electron chi connectivity index (χ3n) is 3.01. The van der Waals surface area contributed by atoms with E-state index in [9.17, 15) is 0 Å². The van der Waals surface area contributed by atoms with Crippen molar-refractivity contribution in [3.63, 3.8) is 0 Å². The van der Waals surface area contributed by atoms with Crippen LogP contribution in [0.25, 0.3) is 11.3 Å². The number of benzene rings is 1. The number of ether oxygens (including phenoxy) is 1. The number of methoxy groups -OCH3 is 1. The van der Waals surface area contributed by atoms with E-state index in [0.717, 1.165) is 40.8 Å². The van der Waals surface area contributed by atoms with Gasteiger partial charge in [-0.3, -0.25) is 0 Å². The molecule has 100 valence electrons. The van der Waals surface area contributed by atoms with Gasteiger partial charge in [0.25, 0.3) is 0 Å². The molecule has 0 bridgehead atoms. The van der Waals surface area contributed by atoms with Gasteiger partial charge in [0.1, 0.15) is 11.4 Å². The van der Waals surface area contributed by atoms with Gasteiger partial charge >= 0.3 is 0 Å². The molecule has 4 nitrogen and oxygen atoms in total. The van der Waals surface area contributed by atoms with E-state index in [1.807, 2.05) is 38.1 Å². The highest BCUT2D eigenvalue weighted by atomic mass is 16.5. The lowest BCUT2D eigenvalue weighted by molar-refractivity contribution is 0.415. The van der Waals surface area contributed by atoms with Crippen molar-refractivity contribution >= 4 is 5.82 Å². The van der Waals surface area contributed by atoms with Gasteiger partial charge in [0.15, 0.2) is 5.82 Å². The molecule has 2 aromatic rings. The minimum atomic E-state index is 0.820. The Bertz CT molecular complexity index is 564. The first-order valence-corrected chi connectivity index (χ1v) is 6.39. The molecule has 0 aliphatic heterocycles. The van der Waals surface area contributed by atoms with Crippen molar-refractivity contribution in [1.29, 1.82) is 0 Å². The number of nitrogens with one attached hydrogen (secondary N) is 1. The Morgan fingerprint density at radius 3 is 2.26 bits per heavy atom. The van der Waals surface area contributed by atoms with Gasteiger partial charge in [-0.15, -0.1) is 0 Å². The van der Waals surface area contributed by atoms with Gasteiger partial charge in [-0.2, -0.15) is 0 Å². The Morgan fingerprint density at radius 2 is 1.68 bits per heavy atom. The number of hydrogen-bond donors (Lipinski definition) is 1. The number of aromatic nitrogens is 2. The smallest absolute Gasteiger partial charge is 0.152 e. The summed E-state index contributed by atoms with van der Waals surface area (Å²) in [5.41, 5.74) is 3.82. The van der Waals surface area contributed by atoms with Crippen LogP contribution in [0.2, 0.25) is 0 Å².